The van der Waals surface area contributed by atoms with Crippen LogP contribution in [-0.2, 0) is 4.57 Å². The molecule has 1 unspecified atom stereocenters. The van der Waals surface area contributed by atoms with E-state index in [2.05, 4.69) is 10.3 Å². The second-order valence-electron chi connectivity index (χ2n) is 2.26. The number of carbonyl (C=O) groups is 1. The van der Waals surface area contributed by atoms with Crippen molar-refractivity contribution >= 4 is 13.2 Å². The minimum absolute atomic E-state index is 0.132. The number of hydrogen-bond donors (Lipinski definition) is 2. The molecule has 0 heterocycles. The zero-order chi connectivity index (χ0) is 9.90. The smallest absolute Gasteiger partial charge is 0.418 e. The zero-order valence-corrected chi connectivity index (χ0v) is 7.48. The van der Waals surface area contributed by atoms with Gasteiger partial charge in [-0.3, -0.25) is 4.79 Å². The Hall–Kier alpha value is -1.32. The van der Waals surface area contributed by atoms with Gasteiger partial charge in [0.1, 0.15) is 5.75 Å². The van der Waals surface area contributed by atoms with E-state index < -0.39 is 13.2 Å². The van der Waals surface area contributed by atoms with Gasteiger partial charge in [0, 0.05) is 0 Å². The molecule has 70 valence electrons. The number of nitrogens with two attached hydrogens (primary N) is 1. The first-order valence-corrected chi connectivity index (χ1v) is 4.97. The Morgan fingerprint density at radius 3 is 2.38 bits per heavy atom. The number of primary amides is 1. The van der Waals surface area contributed by atoms with Crippen LogP contribution in [0.5, 0.6) is 5.75 Å². The third-order valence-corrected chi connectivity index (χ3v) is 2.27. The van der Waals surface area contributed by atoms with Crippen molar-refractivity contribution in [2.45, 2.75) is 0 Å². The summed E-state index contributed by atoms with van der Waals surface area (Å²) in [6.07, 6.45) is 0. The standard InChI is InChI=1S/C7H8NO4P/c8-7(9)13(10,11)12-6-4-2-1-3-5-6/h1-5H,(H2,8,9)(H,10,11). The van der Waals surface area contributed by atoms with Gasteiger partial charge < -0.3 is 15.2 Å². The summed E-state index contributed by atoms with van der Waals surface area (Å²) >= 11 is 0. The van der Waals surface area contributed by atoms with Crippen molar-refractivity contribution in [1.29, 1.82) is 0 Å². The molecule has 0 aromatic heterocycles. The van der Waals surface area contributed by atoms with E-state index in [-0.39, 0.29) is 5.75 Å². The Morgan fingerprint density at radius 1 is 1.38 bits per heavy atom. The minimum atomic E-state index is -4.35. The molecule has 1 amide bonds. The monoisotopic (exact) mass is 201 g/mol. The van der Waals surface area contributed by atoms with Crippen LogP contribution in [0.15, 0.2) is 30.3 Å². The average Bonchev–Trinajstić information content (AvgIpc) is 2.05. The van der Waals surface area contributed by atoms with Crippen LogP contribution in [0.1, 0.15) is 0 Å². The van der Waals surface area contributed by atoms with Crippen LogP contribution in [0.2, 0.25) is 0 Å². The van der Waals surface area contributed by atoms with Crippen LogP contribution in [0.3, 0.4) is 0 Å². The Bertz CT molecular complexity index is 351. The highest BCUT2D eigenvalue weighted by Crippen LogP contribution is 2.41. The quantitative estimate of drug-likeness (QED) is 0.721. The molecule has 1 aromatic rings. The fourth-order valence-electron chi connectivity index (χ4n) is 0.669. The van der Waals surface area contributed by atoms with Crippen molar-refractivity contribution in [3.63, 3.8) is 0 Å². The molecular formula is C7H8NO4P. The highest BCUT2D eigenvalue weighted by Gasteiger charge is 2.28. The van der Waals surface area contributed by atoms with E-state index in [1.54, 1.807) is 18.2 Å². The summed E-state index contributed by atoms with van der Waals surface area (Å²) in [6, 6.07) is 7.82. The SMILES string of the molecule is NC(=O)P(=O)(O)Oc1ccccc1. The Labute approximate surface area is 74.7 Å². The molecule has 0 spiro atoms. The second kappa shape index (κ2) is 3.60. The number of carbonyl (C=O) groups excluding carboxylic acids is 1. The highest BCUT2D eigenvalue weighted by atomic mass is 31.2. The van der Waals surface area contributed by atoms with Gasteiger partial charge in [0.05, 0.1) is 0 Å². The van der Waals surface area contributed by atoms with Gasteiger partial charge in [-0.15, -0.1) is 0 Å². The number of amides is 1. The summed E-state index contributed by atoms with van der Waals surface area (Å²) < 4.78 is 15.4. The second-order valence-corrected chi connectivity index (χ2v) is 3.93. The molecule has 1 atom stereocenters. The van der Waals surface area contributed by atoms with Crippen LogP contribution in [-0.4, -0.2) is 10.5 Å². The lowest BCUT2D eigenvalue weighted by molar-refractivity contribution is 0.256. The minimum Gasteiger partial charge on any atom is -0.418 e. The predicted octanol–water partition coefficient (Wildman–Crippen LogP) is 1.33. The Balaban J connectivity index is 2.82. The van der Waals surface area contributed by atoms with Crippen LogP contribution in [0.25, 0.3) is 0 Å². The molecular weight excluding hydrogens is 193 g/mol. The molecule has 5 nitrogen and oxygen atoms in total. The number of hydrogen-bond acceptors (Lipinski definition) is 3. The molecule has 0 aliphatic heterocycles. The zero-order valence-electron chi connectivity index (χ0n) is 6.58. The van der Waals surface area contributed by atoms with E-state index in [1.807, 2.05) is 0 Å². The van der Waals surface area contributed by atoms with Gasteiger partial charge in [-0.05, 0) is 12.1 Å². The predicted molar refractivity (Wildman–Crippen MR) is 46.5 cm³/mol. The number of benzene rings is 1. The molecule has 0 saturated heterocycles. The van der Waals surface area contributed by atoms with Gasteiger partial charge in [-0.1, -0.05) is 18.2 Å². The number of rotatable bonds is 3. The van der Waals surface area contributed by atoms with Crippen LogP contribution < -0.4 is 10.3 Å². The van der Waals surface area contributed by atoms with Crippen LogP contribution in [0.4, 0.5) is 4.79 Å². The summed E-state index contributed by atoms with van der Waals surface area (Å²) in [7, 11) is -4.35. The van der Waals surface area contributed by atoms with Crippen molar-refractivity contribution in [1.82, 2.24) is 0 Å². The molecule has 0 saturated carbocycles. The summed E-state index contributed by atoms with van der Waals surface area (Å²) in [4.78, 5) is 19.3. The topological polar surface area (TPSA) is 89.6 Å². The largest absolute Gasteiger partial charge is 0.465 e. The highest BCUT2D eigenvalue weighted by molar-refractivity contribution is 7.71. The molecule has 3 N–H and O–H groups in total. The van der Waals surface area contributed by atoms with E-state index in [1.165, 1.54) is 12.1 Å². The summed E-state index contributed by atoms with van der Waals surface area (Å²) in [5, 5.41) is 0. The molecule has 0 bridgehead atoms. The van der Waals surface area contributed by atoms with Gasteiger partial charge in [0.25, 0.3) is 0 Å². The van der Waals surface area contributed by atoms with Gasteiger partial charge in [0.2, 0.25) is 0 Å². The van der Waals surface area contributed by atoms with E-state index in [9.17, 15) is 9.36 Å². The lowest BCUT2D eigenvalue weighted by Gasteiger charge is -2.08. The first kappa shape index (κ1) is 9.77. The van der Waals surface area contributed by atoms with Gasteiger partial charge >= 0.3 is 13.2 Å². The fourth-order valence-corrected chi connectivity index (χ4v) is 1.17. The van der Waals surface area contributed by atoms with E-state index in [0.717, 1.165) is 0 Å². The fraction of sp³-hybridized carbons (Fsp3) is 0. The van der Waals surface area contributed by atoms with Crippen LogP contribution >= 0.6 is 7.60 Å². The molecule has 0 aliphatic carbocycles. The van der Waals surface area contributed by atoms with Crippen molar-refractivity contribution < 1.29 is 18.8 Å². The van der Waals surface area contributed by atoms with Crippen molar-refractivity contribution in [2.24, 2.45) is 5.73 Å². The molecule has 0 fully saturated rings. The first-order chi connectivity index (χ1) is 6.02. The number of para-hydroxylation sites is 1. The van der Waals surface area contributed by atoms with Gasteiger partial charge in [0.15, 0.2) is 0 Å². The third-order valence-electron chi connectivity index (χ3n) is 1.25. The Morgan fingerprint density at radius 2 is 1.92 bits per heavy atom. The Kier molecular flexibility index (Phi) is 2.70. The van der Waals surface area contributed by atoms with E-state index in [0.29, 0.717) is 0 Å². The molecule has 0 radical (unpaired) electrons. The molecule has 6 heteroatoms. The molecule has 1 aromatic carbocycles. The lowest BCUT2D eigenvalue weighted by atomic mass is 10.3. The summed E-state index contributed by atoms with van der Waals surface area (Å²) in [6.45, 7) is 0. The maximum absolute atomic E-state index is 10.9. The molecule has 0 aliphatic rings. The first-order valence-electron chi connectivity index (χ1n) is 3.40. The average molecular weight is 201 g/mol. The molecule has 13 heavy (non-hydrogen) atoms. The van der Waals surface area contributed by atoms with Crippen molar-refractivity contribution in [2.75, 3.05) is 0 Å². The maximum atomic E-state index is 10.9. The molecule has 1 rings (SSSR count). The van der Waals surface area contributed by atoms with Gasteiger partial charge in [-0.2, -0.15) is 0 Å². The van der Waals surface area contributed by atoms with Gasteiger partial charge in [-0.25, -0.2) is 4.57 Å². The maximum Gasteiger partial charge on any atom is 0.465 e. The summed E-state index contributed by atoms with van der Waals surface area (Å²) in [5.74, 6) is 0.132. The normalized spacial score (nSPS) is 14.5. The van der Waals surface area contributed by atoms with Crippen molar-refractivity contribution in [3.8, 4) is 5.75 Å². The lowest BCUT2D eigenvalue weighted by Crippen LogP contribution is -2.12. The van der Waals surface area contributed by atoms with E-state index in [4.69, 9.17) is 4.89 Å². The summed E-state index contributed by atoms with van der Waals surface area (Å²) in [5.41, 5.74) is 3.28. The van der Waals surface area contributed by atoms with E-state index >= 15 is 0 Å². The third kappa shape index (κ3) is 2.57. The van der Waals surface area contributed by atoms with Crippen LogP contribution in [0, 0.1) is 0 Å². The van der Waals surface area contributed by atoms with Crippen molar-refractivity contribution in [3.05, 3.63) is 30.3 Å².